The topological polar surface area (TPSA) is 82.6 Å². The first-order valence-electron chi connectivity index (χ1n) is 9.38. The summed E-state index contributed by atoms with van der Waals surface area (Å²) in [5.74, 6) is 1.93. The molecule has 0 amide bonds. The largest absolute Gasteiger partial charge is 0.355 e. The highest BCUT2D eigenvalue weighted by atomic mass is 127. The van der Waals surface area contributed by atoms with Gasteiger partial charge in [-0.05, 0) is 50.5 Å². The molecule has 1 fully saturated rings. The maximum atomic E-state index is 12.3. The molecule has 1 aromatic rings. The minimum atomic E-state index is -3.36. The fourth-order valence-electron chi connectivity index (χ4n) is 3.12. The minimum absolute atomic E-state index is 0. The van der Waals surface area contributed by atoms with Crippen LogP contribution in [-0.2, 0) is 22.3 Å². The summed E-state index contributed by atoms with van der Waals surface area (Å²) in [5, 5.41) is 6.71. The van der Waals surface area contributed by atoms with Crippen LogP contribution in [0.1, 0.15) is 44.7 Å². The van der Waals surface area contributed by atoms with Crippen LogP contribution in [0.15, 0.2) is 29.3 Å². The highest BCUT2D eigenvalue weighted by molar-refractivity contribution is 14.0. The number of nitrogens with one attached hydrogen (secondary N) is 3. The van der Waals surface area contributed by atoms with Crippen molar-refractivity contribution in [3.63, 3.8) is 0 Å². The number of sulfonamides is 1. The van der Waals surface area contributed by atoms with Crippen molar-refractivity contribution < 1.29 is 8.42 Å². The van der Waals surface area contributed by atoms with Gasteiger partial charge in [0.05, 0.1) is 5.75 Å². The molecule has 3 N–H and O–H groups in total. The molecule has 28 heavy (non-hydrogen) atoms. The second-order valence-corrected chi connectivity index (χ2v) is 10.9. The molecule has 0 saturated carbocycles. The first-order chi connectivity index (χ1) is 12.7. The Balaban J connectivity index is 0.00000392. The summed E-state index contributed by atoms with van der Waals surface area (Å²) in [5.41, 5.74) is 1.75. The van der Waals surface area contributed by atoms with Crippen molar-refractivity contribution in [1.82, 2.24) is 15.4 Å². The Hall–Kier alpha value is -0.520. The van der Waals surface area contributed by atoms with E-state index >= 15 is 0 Å². The summed E-state index contributed by atoms with van der Waals surface area (Å²) in [4.78, 5) is 4.29. The predicted molar refractivity (Wildman–Crippen MR) is 131 cm³/mol. The lowest BCUT2D eigenvalue weighted by atomic mass is 10.1. The van der Waals surface area contributed by atoms with E-state index in [0.29, 0.717) is 6.54 Å². The van der Waals surface area contributed by atoms with Gasteiger partial charge in [-0.25, -0.2) is 13.1 Å². The highest BCUT2D eigenvalue weighted by Gasteiger charge is 2.29. The number of halogens is 1. The van der Waals surface area contributed by atoms with Crippen LogP contribution in [0.25, 0.3) is 0 Å². The third-order valence-corrected chi connectivity index (χ3v) is 7.54. The van der Waals surface area contributed by atoms with Crippen LogP contribution in [0.2, 0.25) is 0 Å². The lowest BCUT2D eigenvalue weighted by Crippen LogP contribution is -2.43. The molecule has 9 heteroatoms. The number of nitrogens with zero attached hydrogens (tertiary/aromatic N) is 1. The summed E-state index contributed by atoms with van der Waals surface area (Å²) in [6.45, 7) is 7.32. The molecule has 1 aromatic carbocycles. The van der Waals surface area contributed by atoms with E-state index in [1.165, 1.54) is 18.6 Å². The lowest BCUT2D eigenvalue weighted by molar-refractivity contribution is 0.568. The van der Waals surface area contributed by atoms with Gasteiger partial charge in [-0.3, -0.25) is 4.99 Å². The Morgan fingerprint density at radius 1 is 1.25 bits per heavy atom. The molecule has 0 aromatic heterocycles. The van der Waals surface area contributed by atoms with Crippen LogP contribution >= 0.6 is 35.7 Å². The molecular formula is C19H33IN4O2S2. The van der Waals surface area contributed by atoms with Gasteiger partial charge in [-0.15, -0.1) is 24.0 Å². The maximum absolute atomic E-state index is 12.3. The second-order valence-electron chi connectivity index (χ2n) is 7.48. The molecule has 160 valence electrons. The Morgan fingerprint density at radius 3 is 2.50 bits per heavy atom. The average Bonchev–Trinajstić information content (AvgIpc) is 3.01. The average molecular weight is 541 g/mol. The summed E-state index contributed by atoms with van der Waals surface area (Å²) in [6.07, 6.45) is 2.48. The number of benzene rings is 1. The zero-order chi connectivity index (χ0) is 19.9. The van der Waals surface area contributed by atoms with Crippen molar-refractivity contribution in [3.05, 3.63) is 35.4 Å². The fraction of sp³-hybridized carbons (Fsp3) is 0.632. The van der Waals surface area contributed by atoms with E-state index in [9.17, 15) is 8.42 Å². The molecule has 6 nitrogen and oxygen atoms in total. The molecule has 0 spiro atoms. The van der Waals surface area contributed by atoms with Crippen molar-refractivity contribution in [3.8, 4) is 0 Å². The van der Waals surface area contributed by atoms with Crippen LogP contribution in [0.3, 0.4) is 0 Å². The van der Waals surface area contributed by atoms with Gasteiger partial charge >= 0.3 is 0 Å². The quantitative estimate of drug-likeness (QED) is 0.268. The number of thioether (sulfide) groups is 1. The molecule has 0 aliphatic carbocycles. The van der Waals surface area contributed by atoms with Gasteiger partial charge in [0, 0.05) is 30.9 Å². The Morgan fingerprint density at radius 2 is 1.93 bits per heavy atom. The molecule has 1 saturated heterocycles. The first kappa shape index (κ1) is 25.5. The normalized spacial score (nSPS) is 20.1. The van der Waals surface area contributed by atoms with Crippen LogP contribution in [-0.4, -0.2) is 44.5 Å². The molecule has 1 unspecified atom stereocenters. The standard InChI is InChI=1S/C19H32N4O2S2.HI/c1-15(2)23-27(24,25)13-17-9-6-5-8-16(17)12-21-18(20-4)22-14-19(3)10-7-11-26-19;/h5-6,8-9,15,23H,7,10-14H2,1-4H3,(H2,20,21,22);1H. The van der Waals surface area contributed by atoms with Crippen LogP contribution in [0.4, 0.5) is 0 Å². The van der Waals surface area contributed by atoms with Gasteiger partial charge in [-0.1, -0.05) is 24.3 Å². The minimum Gasteiger partial charge on any atom is -0.355 e. The van der Waals surface area contributed by atoms with E-state index in [4.69, 9.17) is 0 Å². The number of rotatable bonds is 8. The van der Waals surface area contributed by atoms with Gasteiger partial charge in [0.25, 0.3) is 0 Å². The Kier molecular flexibility index (Phi) is 10.6. The van der Waals surface area contributed by atoms with E-state index in [0.717, 1.165) is 23.6 Å². The van der Waals surface area contributed by atoms with Crippen molar-refractivity contribution in [2.45, 2.75) is 56.7 Å². The molecule has 0 radical (unpaired) electrons. The van der Waals surface area contributed by atoms with Gasteiger partial charge in [0.1, 0.15) is 0 Å². The smallest absolute Gasteiger partial charge is 0.216 e. The number of aliphatic imine (C=N–C) groups is 1. The summed E-state index contributed by atoms with van der Waals surface area (Å²) >= 11 is 2.01. The monoisotopic (exact) mass is 540 g/mol. The molecular weight excluding hydrogens is 507 g/mol. The van der Waals surface area contributed by atoms with E-state index in [2.05, 4.69) is 27.3 Å². The third kappa shape index (κ3) is 8.46. The van der Waals surface area contributed by atoms with E-state index in [-0.39, 0.29) is 40.5 Å². The van der Waals surface area contributed by atoms with E-state index < -0.39 is 10.0 Å². The molecule has 1 aliphatic heterocycles. The molecule has 1 heterocycles. The van der Waals surface area contributed by atoms with Gasteiger partial charge in [0.2, 0.25) is 10.0 Å². The lowest BCUT2D eigenvalue weighted by Gasteiger charge is -2.24. The van der Waals surface area contributed by atoms with Gasteiger partial charge in [-0.2, -0.15) is 11.8 Å². The van der Waals surface area contributed by atoms with Crippen molar-refractivity contribution in [1.29, 1.82) is 0 Å². The van der Waals surface area contributed by atoms with Crippen LogP contribution in [0, 0.1) is 0 Å². The van der Waals surface area contributed by atoms with Crippen molar-refractivity contribution in [2.75, 3.05) is 19.3 Å². The van der Waals surface area contributed by atoms with E-state index in [1.807, 2.05) is 49.9 Å². The predicted octanol–water partition coefficient (Wildman–Crippen LogP) is 3.08. The Labute approximate surface area is 191 Å². The number of guanidine groups is 1. The SMILES string of the molecule is CN=C(NCc1ccccc1CS(=O)(=O)NC(C)C)NCC1(C)CCCS1.I. The first-order valence-corrected chi connectivity index (χ1v) is 12.0. The zero-order valence-corrected chi connectivity index (χ0v) is 21.1. The molecule has 0 bridgehead atoms. The highest BCUT2D eigenvalue weighted by Crippen LogP contribution is 2.36. The zero-order valence-electron chi connectivity index (χ0n) is 17.1. The third-order valence-electron chi connectivity index (χ3n) is 4.48. The number of hydrogen-bond acceptors (Lipinski definition) is 4. The molecule has 2 rings (SSSR count). The fourth-order valence-corrected chi connectivity index (χ4v) is 5.86. The molecule has 1 aliphatic rings. The van der Waals surface area contributed by atoms with E-state index in [1.54, 1.807) is 7.05 Å². The van der Waals surface area contributed by atoms with Crippen LogP contribution in [0.5, 0.6) is 0 Å². The Bertz CT molecular complexity index is 748. The second kappa shape index (κ2) is 11.6. The van der Waals surface area contributed by atoms with Crippen LogP contribution < -0.4 is 15.4 Å². The van der Waals surface area contributed by atoms with Gasteiger partial charge < -0.3 is 10.6 Å². The summed E-state index contributed by atoms with van der Waals surface area (Å²) in [6, 6.07) is 7.50. The molecule has 1 atom stereocenters. The van der Waals surface area contributed by atoms with Crippen molar-refractivity contribution in [2.24, 2.45) is 4.99 Å². The van der Waals surface area contributed by atoms with Gasteiger partial charge in [0.15, 0.2) is 5.96 Å². The number of hydrogen-bond donors (Lipinski definition) is 3. The summed E-state index contributed by atoms with van der Waals surface area (Å²) in [7, 11) is -1.60. The summed E-state index contributed by atoms with van der Waals surface area (Å²) < 4.78 is 27.4. The van der Waals surface area contributed by atoms with Crippen molar-refractivity contribution >= 4 is 51.7 Å². The maximum Gasteiger partial charge on any atom is 0.216 e.